The van der Waals surface area contributed by atoms with Crippen molar-refractivity contribution in [3.63, 3.8) is 0 Å². The molecule has 1 aliphatic rings. The molecule has 0 radical (unpaired) electrons. The number of aliphatic carboxylic acids is 1. The minimum atomic E-state index is -3.60. The van der Waals surface area contributed by atoms with Crippen LogP contribution in [-0.4, -0.2) is 30.9 Å². The Bertz CT molecular complexity index is 949. The minimum absolute atomic E-state index is 0.0693. The molecule has 2 N–H and O–H groups in total. The Hall–Kier alpha value is -2.67. The number of benzene rings is 2. The molecule has 6 nitrogen and oxygen atoms in total. The van der Waals surface area contributed by atoms with Crippen LogP contribution in [0.3, 0.4) is 0 Å². The third kappa shape index (κ3) is 4.54. The van der Waals surface area contributed by atoms with Gasteiger partial charge in [-0.2, -0.15) is 0 Å². The zero-order valence-electron chi connectivity index (χ0n) is 14.7. The van der Waals surface area contributed by atoms with Gasteiger partial charge in [0.15, 0.2) is 9.84 Å². The zero-order chi connectivity index (χ0) is 19.5. The van der Waals surface area contributed by atoms with Crippen molar-refractivity contribution in [2.75, 3.05) is 0 Å². The molecule has 0 bridgehead atoms. The predicted octanol–water partition coefficient (Wildman–Crippen LogP) is 2.79. The Kier molecular flexibility index (Phi) is 5.32. The van der Waals surface area contributed by atoms with E-state index in [1.165, 1.54) is 24.3 Å². The van der Waals surface area contributed by atoms with Crippen molar-refractivity contribution < 1.29 is 23.1 Å². The van der Waals surface area contributed by atoms with Crippen LogP contribution < -0.4 is 5.32 Å². The van der Waals surface area contributed by atoms with Gasteiger partial charge in [-0.1, -0.05) is 36.4 Å². The maximum atomic E-state index is 12.7. The van der Waals surface area contributed by atoms with E-state index in [2.05, 4.69) is 5.32 Å². The Morgan fingerprint density at radius 2 is 1.74 bits per heavy atom. The number of carbonyl (C=O) groups excluding carboxylic acids is 1. The highest BCUT2D eigenvalue weighted by molar-refractivity contribution is 7.90. The Morgan fingerprint density at radius 3 is 2.33 bits per heavy atom. The highest BCUT2D eigenvalue weighted by Gasteiger charge is 2.40. The summed E-state index contributed by atoms with van der Waals surface area (Å²) in [5.74, 6) is -1.57. The fraction of sp³-hybridized carbons (Fsp3) is 0.300. The number of rotatable bonds is 7. The summed E-state index contributed by atoms with van der Waals surface area (Å²) in [5.41, 5.74) is 0.144. The van der Waals surface area contributed by atoms with Crippen LogP contribution in [0.5, 0.6) is 0 Å². The van der Waals surface area contributed by atoms with Gasteiger partial charge in [0, 0.05) is 5.56 Å². The summed E-state index contributed by atoms with van der Waals surface area (Å²) in [5, 5.41) is 11.8. The van der Waals surface area contributed by atoms with Crippen molar-refractivity contribution in [2.45, 2.75) is 41.9 Å². The van der Waals surface area contributed by atoms with E-state index >= 15 is 0 Å². The summed E-state index contributed by atoms with van der Waals surface area (Å²) < 4.78 is 25.3. The van der Waals surface area contributed by atoms with Crippen molar-refractivity contribution >= 4 is 21.7 Å². The van der Waals surface area contributed by atoms with Crippen LogP contribution in [-0.2, 0) is 20.4 Å². The van der Waals surface area contributed by atoms with Crippen LogP contribution in [0.4, 0.5) is 0 Å². The van der Waals surface area contributed by atoms with E-state index < -0.39 is 27.3 Å². The molecule has 3 rings (SSSR count). The molecule has 0 saturated heterocycles. The molecule has 0 atom stereocenters. The van der Waals surface area contributed by atoms with Gasteiger partial charge >= 0.3 is 5.97 Å². The van der Waals surface area contributed by atoms with Gasteiger partial charge in [-0.05, 0) is 43.0 Å². The molecule has 7 heteroatoms. The molecule has 1 saturated carbocycles. The largest absolute Gasteiger partial charge is 0.481 e. The second kappa shape index (κ2) is 7.52. The molecule has 0 unspecified atom stereocenters. The fourth-order valence-electron chi connectivity index (χ4n) is 3.26. The minimum Gasteiger partial charge on any atom is -0.481 e. The maximum Gasteiger partial charge on any atom is 0.305 e. The Morgan fingerprint density at radius 1 is 1.04 bits per heavy atom. The molecule has 1 fully saturated rings. The van der Waals surface area contributed by atoms with Crippen molar-refractivity contribution in [2.24, 2.45) is 0 Å². The second-order valence-electron chi connectivity index (χ2n) is 6.93. The SMILES string of the molecule is O=C(O)CC1(NC(=O)c2cccc(S(=O)(=O)Cc3ccccc3)c2)CCC1. The van der Waals surface area contributed by atoms with E-state index in [1.54, 1.807) is 24.3 Å². The average Bonchev–Trinajstić information content (AvgIpc) is 2.60. The van der Waals surface area contributed by atoms with Gasteiger partial charge < -0.3 is 10.4 Å². The molecule has 0 heterocycles. The normalized spacial score (nSPS) is 15.6. The van der Waals surface area contributed by atoms with Crippen LogP contribution in [0.2, 0.25) is 0 Å². The number of hydrogen-bond donors (Lipinski definition) is 2. The van der Waals surface area contributed by atoms with Crippen LogP contribution in [0.1, 0.15) is 41.6 Å². The molecule has 0 spiro atoms. The van der Waals surface area contributed by atoms with Gasteiger partial charge in [0.2, 0.25) is 0 Å². The van der Waals surface area contributed by atoms with E-state index in [-0.39, 0.29) is 22.6 Å². The fourth-order valence-corrected chi connectivity index (χ4v) is 4.65. The summed E-state index contributed by atoms with van der Waals surface area (Å²) >= 11 is 0. The zero-order valence-corrected chi connectivity index (χ0v) is 15.5. The van der Waals surface area contributed by atoms with E-state index in [0.29, 0.717) is 18.4 Å². The standard InChI is InChI=1S/C20H21NO5S/c22-18(23)13-20(10-5-11-20)21-19(24)16-8-4-9-17(12-16)27(25,26)14-15-6-2-1-3-7-15/h1-4,6-9,12H,5,10-11,13-14H2,(H,21,24)(H,22,23). The molecule has 2 aromatic rings. The predicted molar refractivity (Wildman–Crippen MR) is 100 cm³/mol. The lowest BCUT2D eigenvalue weighted by Gasteiger charge is -2.41. The topological polar surface area (TPSA) is 101 Å². The molecular weight excluding hydrogens is 366 g/mol. The number of sulfone groups is 1. The first-order chi connectivity index (χ1) is 12.8. The van der Waals surface area contributed by atoms with Gasteiger partial charge in [0.1, 0.15) is 0 Å². The number of carboxylic acids is 1. The van der Waals surface area contributed by atoms with E-state index in [4.69, 9.17) is 5.11 Å². The van der Waals surface area contributed by atoms with Gasteiger partial charge in [0.25, 0.3) is 5.91 Å². The first-order valence-corrected chi connectivity index (χ1v) is 10.4. The first-order valence-electron chi connectivity index (χ1n) is 8.71. The summed E-state index contributed by atoms with van der Waals surface area (Å²) in [7, 11) is -3.60. The lowest BCUT2D eigenvalue weighted by molar-refractivity contribution is -0.139. The number of nitrogens with one attached hydrogen (secondary N) is 1. The van der Waals surface area contributed by atoms with Crippen molar-refractivity contribution in [1.82, 2.24) is 5.32 Å². The molecule has 0 aliphatic heterocycles. The van der Waals surface area contributed by atoms with Gasteiger partial charge in [-0.15, -0.1) is 0 Å². The highest BCUT2D eigenvalue weighted by atomic mass is 32.2. The van der Waals surface area contributed by atoms with Crippen LogP contribution in [0.25, 0.3) is 0 Å². The van der Waals surface area contributed by atoms with Crippen molar-refractivity contribution in [1.29, 1.82) is 0 Å². The molecular formula is C20H21NO5S. The van der Waals surface area contributed by atoms with Gasteiger partial charge in [-0.3, -0.25) is 9.59 Å². The van der Waals surface area contributed by atoms with E-state index in [9.17, 15) is 18.0 Å². The van der Waals surface area contributed by atoms with Crippen LogP contribution >= 0.6 is 0 Å². The Labute approximate surface area is 158 Å². The summed E-state index contributed by atoms with van der Waals surface area (Å²) in [6.45, 7) is 0. The monoisotopic (exact) mass is 387 g/mol. The lowest BCUT2D eigenvalue weighted by Crippen LogP contribution is -2.54. The quantitative estimate of drug-likeness (QED) is 0.761. The molecule has 27 heavy (non-hydrogen) atoms. The molecule has 2 aromatic carbocycles. The van der Waals surface area contributed by atoms with E-state index in [1.807, 2.05) is 6.07 Å². The third-order valence-electron chi connectivity index (χ3n) is 4.83. The van der Waals surface area contributed by atoms with Gasteiger partial charge in [0.05, 0.1) is 22.6 Å². The Balaban J connectivity index is 1.78. The first kappa shape index (κ1) is 19.1. The third-order valence-corrected chi connectivity index (χ3v) is 6.52. The van der Waals surface area contributed by atoms with Crippen LogP contribution in [0, 0.1) is 0 Å². The van der Waals surface area contributed by atoms with E-state index in [0.717, 1.165) is 6.42 Å². The maximum absolute atomic E-state index is 12.7. The summed E-state index contributed by atoms with van der Waals surface area (Å²) in [6, 6.07) is 14.7. The van der Waals surface area contributed by atoms with Crippen molar-refractivity contribution in [3.05, 3.63) is 65.7 Å². The average molecular weight is 387 g/mol. The molecule has 0 aromatic heterocycles. The summed E-state index contributed by atoms with van der Waals surface area (Å²) in [6.07, 6.45) is 1.94. The number of hydrogen-bond acceptors (Lipinski definition) is 4. The molecule has 1 aliphatic carbocycles. The number of carbonyl (C=O) groups is 2. The summed E-state index contributed by atoms with van der Waals surface area (Å²) in [4.78, 5) is 23.7. The molecule has 1 amide bonds. The lowest BCUT2D eigenvalue weighted by atomic mass is 9.74. The van der Waals surface area contributed by atoms with Gasteiger partial charge in [-0.25, -0.2) is 8.42 Å². The smallest absolute Gasteiger partial charge is 0.305 e. The number of amides is 1. The number of carboxylic acid groups (broad SMARTS) is 1. The second-order valence-corrected chi connectivity index (χ2v) is 8.92. The van der Waals surface area contributed by atoms with Crippen molar-refractivity contribution in [3.8, 4) is 0 Å². The molecule has 142 valence electrons. The van der Waals surface area contributed by atoms with Crippen LogP contribution in [0.15, 0.2) is 59.5 Å². The highest BCUT2D eigenvalue weighted by Crippen LogP contribution is 2.35.